The van der Waals surface area contributed by atoms with Crippen LogP contribution in [0.3, 0.4) is 0 Å². The van der Waals surface area contributed by atoms with Gasteiger partial charge in [0.2, 0.25) is 0 Å². The van der Waals surface area contributed by atoms with E-state index in [0.29, 0.717) is 17.8 Å². The quantitative estimate of drug-likeness (QED) is 0.251. The molecule has 0 aliphatic rings. The second-order valence-electron chi connectivity index (χ2n) is 5.93. The molecular weight excluding hydrogens is 332 g/mol. The monoisotopic (exact) mass is 354 g/mol. The van der Waals surface area contributed by atoms with E-state index in [1.807, 2.05) is 31.2 Å². The summed E-state index contributed by atoms with van der Waals surface area (Å²) in [5.74, 6) is 3.92. The first-order valence-corrected chi connectivity index (χ1v) is 8.16. The van der Waals surface area contributed by atoms with Crippen LogP contribution in [0.5, 0.6) is 0 Å². The Kier molecular flexibility index (Phi) is 6.73. The van der Waals surface area contributed by atoms with Crippen LogP contribution in [0.1, 0.15) is 40.7 Å². The SMILES string of the molecule is CC(CC(=O)O)c1cccc(CNC(=O)c2cccc(NC=NN)c2)c1. The van der Waals surface area contributed by atoms with Crippen molar-refractivity contribution < 1.29 is 14.7 Å². The maximum atomic E-state index is 12.3. The number of hydrogen-bond donors (Lipinski definition) is 4. The van der Waals surface area contributed by atoms with Gasteiger partial charge < -0.3 is 21.6 Å². The van der Waals surface area contributed by atoms with Gasteiger partial charge in [-0.3, -0.25) is 9.59 Å². The van der Waals surface area contributed by atoms with Crippen LogP contribution in [0.15, 0.2) is 53.6 Å². The van der Waals surface area contributed by atoms with Gasteiger partial charge in [-0.05, 0) is 35.2 Å². The second-order valence-corrected chi connectivity index (χ2v) is 5.93. The van der Waals surface area contributed by atoms with Crippen LogP contribution in [-0.4, -0.2) is 23.3 Å². The molecule has 2 aromatic rings. The first-order chi connectivity index (χ1) is 12.5. The number of nitrogens with two attached hydrogens (primary N) is 1. The predicted octanol–water partition coefficient (Wildman–Crippen LogP) is 2.51. The Morgan fingerprint density at radius 3 is 2.73 bits per heavy atom. The number of carboxylic acid groups (broad SMARTS) is 1. The number of carbonyl (C=O) groups excluding carboxylic acids is 1. The van der Waals surface area contributed by atoms with E-state index in [2.05, 4.69) is 15.7 Å². The van der Waals surface area contributed by atoms with Gasteiger partial charge in [-0.2, -0.15) is 5.10 Å². The largest absolute Gasteiger partial charge is 0.481 e. The summed E-state index contributed by atoms with van der Waals surface area (Å²) in [5, 5.41) is 18.0. The van der Waals surface area contributed by atoms with Gasteiger partial charge in [0.1, 0.15) is 6.34 Å². The van der Waals surface area contributed by atoms with Crippen molar-refractivity contribution in [1.29, 1.82) is 0 Å². The normalized spacial score (nSPS) is 11.9. The van der Waals surface area contributed by atoms with E-state index in [-0.39, 0.29) is 18.2 Å². The molecule has 1 amide bonds. The van der Waals surface area contributed by atoms with Crippen LogP contribution >= 0.6 is 0 Å². The summed E-state index contributed by atoms with van der Waals surface area (Å²) in [6, 6.07) is 14.5. The number of nitrogens with zero attached hydrogens (tertiary/aromatic N) is 1. The zero-order valence-electron chi connectivity index (χ0n) is 14.5. The molecule has 7 nitrogen and oxygen atoms in total. The van der Waals surface area contributed by atoms with Crippen LogP contribution < -0.4 is 16.5 Å². The lowest BCUT2D eigenvalue weighted by Gasteiger charge is -2.12. The van der Waals surface area contributed by atoms with Gasteiger partial charge in [0.05, 0.1) is 6.42 Å². The summed E-state index contributed by atoms with van der Waals surface area (Å²) >= 11 is 0. The fourth-order valence-electron chi connectivity index (χ4n) is 2.54. The van der Waals surface area contributed by atoms with E-state index in [1.165, 1.54) is 6.34 Å². The Morgan fingerprint density at radius 2 is 2.00 bits per heavy atom. The third-order valence-corrected chi connectivity index (χ3v) is 3.88. The van der Waals surface area contributed by atoms with E-state index in [0.717, 1.165) is 11.1 Å². The molecule has 2 rings (SSSR count). The van der Waals surface area contributed by atoms with Crippen LogP contribution in [0, 0.1) is 0 Å². The van der Waals surface area contributed by atoms with Crippen LogP contribution in [0.4, 0.5) is 5.69 Å². The Morgan fingerprint density at radius 1 is 1.23 bits per heavy atom. The van der Waals surface area contributed by atoms with Crippen molar-refractivity contribution in [3.8, 4) is 0 Å². The molecule has 0 saturated carbocycles. The van der Waals surface area contributed by atoms with E-state index >= 15 is 0 Å². The van der Waals surface area contributed by atoms with Crippen molar-refractivity contribution in [2.24, 2.45) is 10.9 Å². The molecule has 0 fully saturated rings. The topological polar surface area (TPSA) is 117 Å². The number of hydrazone groups is 1. The summed E-state index contributed by atoms with van der Waals surface area (Å²) in [5.41, 5.74) is 3.07. The second kappa shape index (κ2) is 9.22. The number of carboxylic acids is 1. The highest BCUT2D eigenvalue weighted by Gasteiger charge is 2.11. The van der Waals surface area contributed by atoms with Crippen molar-refractivity contribution in [2.45, 2.75) is 25.8 Å². The minimum absolute atomic E-state index is 0.0711. The predicted molar refractivity (Wildman–Crippen MR) is 101 cm³/mol. The lowest BCUT2D eigenvalue weighted by molar-refractivity contribution is -0.137. The van der Waals surface area contributed by atoms with Gasteiger partial charge in [0.25, 0.3) is 5.91 Å². The Balaban J connectivity index is 2.00. The van der Waals surface area contributed by atoms with Crippen LogP contribution in [-0.2, 0) is 11.3 Å². The van der Waals surface area contributed by atoms with Crippen molar-refractivity contribution >= 4 is 23.9 Å². The molecule has 0 spiro atoms. The van der Waals surface area contributed by atoms with Crippen molar-refractivity contribution in [1.82, 2.24) is 5.32 Å². The minimum Gasteiger partial charge on any atom is -0.481 e. The molecule has 0 aromatic heterocycles. The third kappa shape index (κ3) is 5.62. The van der Waals surface area contributed by atoms with E-state index < -0.39 is 5.97 Å². The first kappa shape index (κ1) is 19.0. The number of amides is 1. The summed E-state index contributed by atoms with van der Waals surface area (Å²) in [6.45, 7) is 2.23. The molecule has 0 radical (unpaired) electrons. The number of aliphatic carboxylic acids is 1. The fraction of sp³-hybridized carbons (Fsp3) is 0.211. The number of carbonyl (C=O) groups is 2. The van der Waals surface area contributed by atoms with Crippen LogP contribution in [0.25, 0.3) is 0 Å². The highest BCUT2D eigenvalue weighted by atomic mass is 16.4. The average molecular weight is 354 g/mol. The summed E-state index contributed by atoms with van der Waals surface area (Å²) < 4.78 is 0. The molecular formula is C19H22N4O3. The molecule has 26 heavy (non-hydrogen) atoms. The number of benzene rings is 2. The first-order valence-electron chi connectivity index (χ1n) is 8.16. The molecule has 1 atom stereocenters. The minimum atomic E-state index is -0.829. The van der Waals surface area contributed by atoms with E-state index in [1.54, 1.807) is 24.3 Å². The Hall–Kier alpha value is -3.35. The lowest BCUT2D eigenvalue weighted by Crippen LogP contribution is -2.23. The molecule has 7 heteroatoms. The maximum Gasteiger partial charge on any atom is 0.303 e. The molecule has 0 saturated heterocycles. The number of nitrogens with one attached hydrogen (secondary N) is 2. The number of hydrogen-bond acceptors (Lipinski definition) is 4. The molecule has 2 aromatic carbocycles. The Bertz CT molecular complexity index is 805. The van der Waals surface area contributed by atoms with E-state index in [4.69, 9.17) is 10.9 Å². The fourth-order valence-corrected chi connectivity index (χ4v) is 2.54. The highest BCUT2D eigenvalue weighted by Crippen LogP contribution is 2.20. The number of anilines is 1. The van der Waals surface area contributed by atoms with Gasteiger partial charge in [-0.15, -0.1) is 0 Å². The molecule has 5 N–H and O–H groups in total. The van der Waals surface area contributed by atoms with Gasteiger partial charge in [0, 0.05) is 17.8 Å². The van der Waals surface area contributed by atoms with Gasteiger partial charge in [0.15, 0.2) is 0 Å². The highest BCUT2D eigenvalue weighted by molar-refractivity contribution is 5.95. The standard InChI is InChI=1S/C19H22N4O3/c1-13(8-18(24)25)15-5-2-4-14(9-15)11-21-19(26)16-6-3-7-17(10-16)22-12-23-20/h2-7,9-10,12-13H,8,11,20H2,1H3,(H,21,26)(H,22,23)(H,24,25). The number of rotatable bonds is 8. The van der Waals surface area contributed by atoms with Crippen molar-refractivity contribution in [3.63, 3.8) is 0 Å². The summed E-state index contributed by atoms with van der Waals surface area (Å²) in [4.78, 5) is 23.2. The van der Waals surface area contributed by atoms with Crippen LogP contribution in [0.2, 0.25) is 0 Å². The maximum absolute atomic E-state index is 12.3. The summed E-state index contributed by atoms with van der Waals surface area (Å²) in [7, 11) is 0. The zero-order chi connectivity index (χ0) is 18.9. The van der Waals surface area contributed by atoms with Crippen molar-refractivity contribution in [2.75, 3.05) is 5.32 Å². The molecule has 0 heterocycles. The third-order valence-electron chi connectivity index (χ3n) is 3.88. The lowest BCUT2D eigenvalue weighted by atomic mass is 9.96. The molecule has 1 unspecified atom stereocenters. The zero-order valence-corrected chi connectivity index (χ0v) is 14.5. The summed E-state index contributed by atoms with van der Waals surface area (Å²) in [6.07, 6.45) is 1.41. The van der Waals surface area contributed by atoms with Crippen molar-refractivity contribution in [3.05, 3.63) is 65.2 Å². The molecule has 0 aliphatic carbocycles. The molecule has 136 valence electrons. The Labute approximate surface area is 151 Å². The smallest absolute Gasteiger partial charge is 0.303 e. The van der Waals surface area contributed by atoms with Gasteiger partial charge in [-0.1, -0.05) is 37.3 Å². The van der Waals surface area contributed by atoms with Gasteiger partial charge >= 0.3 is 5.97 Å². The average Bonchev–Trinajstić information content (AvgIpc) is 2.64. The van der Waals surface area contributed by atoms with E-state index in [9.17, 15) is 9.59 Å². The molecule has 0 aliphatic heterocycles. The van der Waals surface area contributed by atoms with Gasteiger partial charge in [-0.25, -0.2) is 0 Å². The molecule has 0 bridgehead atoms.